The number of aromatic nitrogens is 3. The quantitative estimate of drug-likeness (QED) is 0.802. The van der Waals surface area contributed by atoms with Crippen molar-refractivity contribution < 1.29 is 9.59 Å². The molecule has 2 N–H and O–H groups in total. The zero-order valence-electron chi connectivity index (χ0n) is 10.5. The van der Waals surface area contributed by atoms with E-state index >= 15 is 0 Å². The molecular weight excluding hydrogens is 234 g/mol. The van der Waals surface area contributed by atoms with Crippen LogP contribution in [0.3, 0.4) is 0 Å². The molecule has 0 spiro atoms. The van der Waals surface area contributed by atoms with Crippen LogP contribution < -0.4 is 5.32 Å². The van der Waals surface area contributed by atoms with E-state index in [-0.39, 0.29) is 24.2 Å². The maximum atomic E-state index is 11.9. The number of anilines is 1. The SMILES string of the molecule is CC(C)CN1C[C@@H](C(=O)Nc2ncn[nH]2)CC1=O. The lowest BCUT2D eigenvalue weighted by Crippen LogP contribution is -2.31. The first kappa shape index (κ1) is 12.5. The number of carbonyl (C=O) groups excluding carboxylic acids is 2. The number of nitrogens with one attached hydrogen (secondary N) is 2. The molecule has 1 aliphatic heterocycles. The molecule has 0 saturated carbocycles. The second-order valence-electron chi connectivity index (χ2n) is 4.92. The fraction of sp³-hybridized carbons (Fsp3) is 0.636. The third kappa shape index (κ3) is 2.85. The molecule has 1 aliphatic rings. The standard InChI is InChI=1S/C11H17N5O2/c1-7(2)4-16-5-8(3-9(16)17)10(18)14-11-12-6-13-15-11/h6-8H,3-5H2,1-2H3,(H2,12,13,14,15,18)/t8-/m0/s1. The Morgan fingerprint density at radius 1 is 1.67 bits per heavy atom. The highest BCUT2D eigenvalue weighted by Gasteiger charge is 2.34. The van der Waals surface area contributed by atoms with Gasteiger partial charge in [0.05, 0.1) is 5.92 Å². The summed E-state index contributed by atoms with van der Waals surface area (Å²) in [6, 6.07) is 0. The summed E-state index contributed by atoms with van der Waals surface area (Å²) in [6.45, 7) is 5.28. The summed E-state index contributed by atoms with van der Waals surface area (Å²) in [5.41, 5.74) is 0. The van der Waals surface area contributed by atoms with Gasteiger partial charge in [0, 0.05) is 19.5 Å². The van der Waals surface area contributed by atoms with Crippen molar-refractivity contribution in [1.82, 2.24) is 20.1 Å². The van der Waals surface area contributed by atoms with Crippen molar-refractivity contribution in [2.24, 2.45) is 11.8 Å². The van der Waals surface area contributed by atoms with Crippen molar-refractivity contribution in [1.29, 1.82) is 0 Å². The van der Waals surface area contributed by atoms with Crippen LogP contribution in [0.25, 0.3) is 0 Å². The summed E-state index contributed by atoms with van der Waals surface area (Å²) < 4.78 is 0. The fourth-order valence-electron chi connectivity index (χ4n) is 2.05. The molecule has 1 aromatic rings. The van der Waals surface area contributed by atoms with Crippen molar-refractivity contribution in [3.63, 3.8) is 0 Å². The molecule has 0 unspecified atom stereocenters. The lowest BCUT2D eigenvalue weighted by Gasteiger charge is -2.18. The molecule has 1 fully saturated rings. The number of amides is 2. The van der Waals surface area contributed by atoms with Crippen LogP contribution in [0, 0.1) is 11.8 Å². The molecule has 1 atom stereocenters. The maximum absolute atomic E-state index is 11.9. The van der Waals surface area contributed by atoms with Gasteiger partial charge in [-0.25, -0.2) is 5.10 Å². The highest BCUT2D eigenvalue weighted by Crippen LogP contribution is 2.20. The third-order valence-corrected chi connectivity index (χ3v) is 2.83. The molecule has 7 heteroatoms. The summed E-state index contributed by atoms with van der Waals surface area (Å²) in [7, 11) is 0. The monoisotopic (exact) mass is 251 g/mol. The molecular formula is C11H17N5O2. The van der Waals surface area contributed by atoms with Gasteiger partial charge in [-0.1, -0.05) is 13.8 Å². The van der Waals surface area contributed by atoms with Crippen LogP contribution >= 0.6 is 0 Å². The molecule has 1 saturated heterocycles. The lowest BCUT2D eigenvalue weighted by atomic mass is 10.1. The predicted molar refractivity (Wildman–Crippen MR) is 64.5 cm³/mol. The third-order valence-electron chi connectivity index (χ3n) is 2.83. The molecule has 98 valence electrons. The van der Waals surface area contributed by atoms with Crippen LogP contribution in [0.4, 0.5) is 5.95 Å². The second-order valence-corrected chi connectivity index (χ2v) is 4.92. The van der Waals surface area contributed by atoms with Crippen LogP contribution in [0.15, 0.2) is 6.33 Å². The number of H-pyrrole nitrogens is 1. The zero-order valence-corrected chi connectivity index (χ0v) is 10.5. The summed E-state index contributed by atoms with van der Waals surface area (Å²) in [6.07, 6.45) is 1.59. The molecule has 0 aliphatic carbocycles. The summed E-state index contributed by atoms with van der Waals surface area (Å²) in [5.74, 6) is 0.272. The van der Waals surface area contributed by atoms with Crippen molar-refractivity contribution in [2.45, 2.75) is 20.3 Å². The van der Waals surface area contributed by atoms with Gasteiger partial charge >= 0.3 is 0 Å². The Kier molecular flexibility index (Phi) is 3.59. The molecule has 0 aromatic carbocycles. The number of carbonyl (C=O) groups is 2. The maximum Gasteiger partial charge on any atom is 0.232 e. The molecule has 1 aromatic heterocycles. The van der Waals surface area contributed by atoms with Crippen molar-refractivity contribution in [2.75, 3.05) is 18.4 Å². The van der Waals surface area contributed by atoms with Crippen molar-refractivity contribution in [3.8, 4) is 0 Å². The number of likely N-dealkylation sites (tertiary alicyclic amines) is 1. The van der Waals surface area contributed by atoms with E-state index in [1.807, 2.05) is 0 Å². The number of aromatic amines is 1. The smallest absolute Gasteiger partial charge is 0.232 e. The van der Waals surface area contributed by atoms with E-state index in [1.54, 1.807) is 4.90 Å². The number of rotatable bonds is 4. The topological polar surface area (TPSA) is 91.0 Å². The van der Waals surface area contributed by atoms with Crippen LogP contribution in [0.2, 0.25) is 0 Å². The Morgan fingerprint density at radius 2 is 2.44 bits per heavy atom. The minimum atomic E-state index is -0.304. The normalized spacial score (nSPS) is 19.6. The van der Waals surface area contributed by atoms with E-state index in [2.05, 4.69) is 34.3 Å². The summed E-state index contributed by atoms with van der Waals surface area (Å²) in [5, 5.41) is 8.81. The van der Waals surface area contributed by atoms with Gasteiger partial charge in [0.2, 0.25) is 17.8 Å². The first-order valence-electron chi connectivity index (χ1n) is 6.00. The Balaban J connectivity index is 1.91. The Bertz CT molecular complexity index is 429. The molecule has 2 heterocycles. The van der Waals surface area contributed by atoms with E-state index in [0.717, 1.165) is 0 Å². The minimum Gasteiger partial charge on any atom is -0.342 e. The Labute approximate surface area is 105 Å². The van der Waals surface area contributed by atoms with E-state index < -0.39 is 0 Å². The van der Waals surface area contributed by atoms with E-state index in [4.69, 9.17) is 0 Å². The first-order valence-corrected chi connectivity index (χ1v) is 6.00. The van der Waals surface area contributed by atoms with Crippen LogP contribution in [0.5, 0.6) is 0 Å². The molecule has 2 rings (SSSR count). The second kappa shape index (κ2) is 5.16. The molecule has 18 heavy (non-hydrogen) atoms. The molecule has 0 bridgehead atoms. The van der Waals surface area contributed by atoms with Gasteiger partial charge in [0.15, 0.2) is 0 Å². The molecule has 7 nitrogen and oxygen atoms in total. The van der Waals surface area contributed by atoms with Gasteiger partial charge in [-0.15, -0.1) is 0 Å². The minimum absolute atomic E-state index is 0.0430. The van der Waals surface area contributed by atoms with Gasteiger partial charge in [0.25, 0.3) is 0 Å². The van der Waals surface area contributed by atoms with E-state index in [0.29, 0.717) is 25.0 Å². The van der Waals surface area contributed by atoms with Gasteiger partial charge in [-0.2, -0.15) is 10.1 Å². The average molecular weight is 251 g/mol. The Hall–Kier alpha value is -1.92. The number of nitrogens with zero attached hydrogens (tertiary/aromatic N) is 3. The van der Waals surface area contributed by atoms with E-state index in [9.17, 15) is 9.59 Å². The predicted octanol–water partition coefficient (Wildman–Crippen LogP) is 0.248. The fourth-order valence-corrected chi connectivity index (χ4v) is 2.05. The molecule has 0 radical (unpaired) electrons. The molecule has 2 amide bonds. The van der Waals surface area contributed by atoms with Gasteiger partial charge in [-0.3, -0.25) is 14.9 Å². The Morgan fingerprint density at radius 3 is 3.06 bits per heavy atom. The summed E-state index contributed by atoms with van der Waals surface area (Å²) >= 11 is 0. The van der Waals surface area contributed by atoms with Crippen LogP contribution in [-0.4, -0.2) is 45.0 Å². The van der Waals surface area contributed by atoms with Crippen molar-refractivity contribution in [3.05, 3.63) is 6.33 Å². The highest BCUT2D eigenvalue weighted by atomic mass is 16.2. The lowest BCUT2D eigenvalue weighted by molar-refractivity contribution is -0.128. The van der Waals surface area contributed by atoms with Gasteiger partial charge in [0.1, 0.15) is 6.33 Å². The highest BCUT2D eigenvalue weighted by molar-refractivity contribution is 5.96. The number of hydrogen-bond acceptors (Lipinski definition) is 4. The largest absolute Gasteiger partial charge is 0.342 e. The average Bonchev–Trinajstić information content (AvgIpc) is 2.89. The zero-order chi connectivity index (χ0) is 13.1. The summed E-state index contributed by atoms with van der Waals surface area (Å²) in [4.78, 5) is 29.2. The van der Waals surface area contributed by atoms with E-state index in [1.165, 1.54) is 6.33 Å². The van der Waals surface area contributed by atoms with Gasteiger partial charge in [-0.05, 0) is 5.92 Å². The first-order chi connectivity index (χ1) is 8.56. The number of hydrogen-bond donors (Lipinski definition) is 2. The van der Waals surface area contributed by atoms with Crippen molar-refractivity contribution >= 4 is 17.8 Å². The van der Waals surface area contributed by atoms with Gasteiger partial charge < -0.3 is 4.90 Å². The van der Waals surface area contributed by atoms with Crippen LogP contribution in [0.1, 0.15) is 20.3 Å². The van der Waals surface area contributed by atoms with Crippen LogP contribution in [-0.2, 0) is 9.59 Å².